The molecule has 0 bridgehead atoms. The number of rotatable bonds is 6. The van der Waals surface area contributed by atoms with Crippen molar-refractivity contribution in [3.63, 3.8) is 0 Å². The van der Waals surface area contributed by atoms with Crippen molar-refractivity contribution in [3.05, 3.63) is 47.5 Å². The van der Waals surface area contributed by atoms with Crippen molar-refractivity contribution in [2.45, 2.75) is 55.1 Å². The van der Waals surface area contributed by atoms with Crippen LogP contribution in [0.1, 0.15) is 34.3 Å². The average molecular weight is 511 g/mol. The van der Waals surface area contributed by atoms with Crippen LogP contribution >= 0.6 is 0 Å². The molecule has 4 aliphatic rings. The maximum atomic E-state index is 13.4. The SMILES string of the molecule is C=C[C@@]1(O)[C@@H](NC(=O)c2cccc3c2CCCC3)CNC12NC(N)=NC2[C@@H](N)CN1C(=O)CN(C)C1=O. The summed E-state index contributed by atoms with van der Waals surface area (Å²) in [4.78, 5) is 44.9. The summed E-state index contributed by atoms with van der Waals surface area (Å²) < 4.78 is 0. The van der Waals surface area contributed by atoms with E-state index in [2.05, 4.69) is 33.6 Å². The fraction of sp³-hybridized carbons (Fsp3) is 0.520. The first kappa shape index (κ1) is 25.2. The lowest BCUT2D eigenvalue weighted by Crippen LogP contribution is -2.75. The van der Waals surface area contributed by atoms with Gasteiger partial charge >= 0.3 is 6.03 Å². The highest BCUT2D eigenvalue weighted by Crippen LogP contribution is 2.38. The van der Waals surface area contributed by atoms with Crippen molar-refractivity contribution < 1.29 is 19.5 Å². The number of fused-ring (bicyclic) bond motifs is 1. The zero-order valence-corrected chi connectivity index (χ0v) is 20.9. The van der Waals surface area contributed by atoms with Gasteiger partial charge in [-0.05, 0) is 42.9 Å². The van der Waals surface area contributed by atoms with Gasteiger partial charge in [0.15, 0.2) is 11.6 Å². The van der Waals surface area contributed by atoms with Crippen molar-refractivity contribution in [1.29, 1.82) is 0 Å². The molecule has 0 radical (unpaired) electrons. The maximum absolute atomic E-state index is 13.4. The van der Waals surface area contributed by atoms with Gasteiger partial charge in [-0.3, -0.25) is 19.8 Å². The number of amides is 4. The number of benzene rings is 1. The van der Waals surface area contributed by atoms with Gasteiger partial charge in [0.05, 0.1) is 6.04 Å². The molecular weight excluding hydrogens is 476 g/mol. The lowest BCUT2D eigenvalue weighted by atomic mass is 9.78. The van der Waals surface area contributed by atoms with Crippen molar-refractivity contribution >= 4 is 23.8 Å². The number of aryl methyl sites for hydroxylation is 1. The molecule has 198 valence electrons. The van der Waals surface area contributed by atoms with Crippen molar-refractivity contribution in [2.75, 3.05) is 26.7 Å². The number of urea groups is 1. The van der Waals surface area contributed by atoms with E-state index >= 15 is 0 Å². The number of imide groups is 1. The number of hydrogen-bond acceptors (Lipinski definition) is 9. The van der Waals surface area contributed by atoms with Crippen LogP contribution in [0.4, 0.5) is 4.79 Å². The smallest absolute Gasteiger partial charge is 0.327 e. The Morgan fingerprint density at radius 1 is 1.38 bits per heavy atom. The zero-order valence-electron chi connectivity index (χ0n) is 20.9. The summed E-state index contributed by atoms with van der Waals surface area (Å²) in [5.41, 5.74) is 12.2. The molecule has 4 amide bonds. The number of hydrogen-bond donors (Lipinski definition) is 6. The van der Waals surface area contributed by atoms with Crippen LogP contribution in [0.5, 0.6) is 0 Å². The van der Waals surface area contributed by atoms with Gasteiger partial charge < -0.3 is 32.1 Å². The van der Waals surface area contributed by atoms with E-state index in [9.17, 15) is 19.5 Å². The van der Waals surface area contributed by atoms with E-state index < -0.39 is 35.4 Å². The van der Waals surface area contributed by atoms with E-state index in [0.29, 0.717) is 5.56 Å². The van der Waals surface area contributed by atoms with Gasteiger partial charge in [-0.25, -0.2) is 9.79 Å². The van der Waals surface area contributed by atoms with E-state index in [1.165, 1.54) is 23.6 Å². The van der Waals surface area contributed by atoms with E-state index in [1.54, 1.807) is 6.07 Å². The Morgan fingerprint density at radius 3 is 2.84 bits per heavy atom. The lowest BCUT2D eigenvalue weighted by Gasteiger charge is -2.44. The molecule has 0 saturated carbocycles. The molecule has 5 atom stereocenters. The van der Waals surface area contributed by atoms with Gasteiger partial charge in [0.25, 0.3) is 5.91 Å². The molecule has 0 aromatic heterocycles. The number of carbonyl (C=O) groups excluding carboxylic acids is 3. The molecule has 2 saturated heterocycles. The van der Waals surface area contributed by atoms with Gasteiger partial charge in [-0.15, -0.1) is 6.58 Å². The molecule has 12 heteroatoms. The molecule has 1 aromatic carbocycles. The fourth-order valence-electron chi connectivity index (χ4n) is 6.15. The van der Waals surface area contributed by atoms with Crippen molar-refractivity contribution in [2.24, 2.45) is 16.5 Å². The average Bonchev–Trinajstić information content (AvgIpc) is 3.46. The minimum Gasteiger partial charge on any atom is -0.380 e. The van der Waals surface area contributed by atoms with Crippen LogP contribution in [-0.4, -0.2) is 94.8 Å². The number of likely N-dealkylation sites (N-methyl/N-ethyl adjacent to an activating group) is 1. The van der Waals surface area contributed by atoms with Gasteiger partial charge in [-0.2, -0.15) is 0 Å². The summed E-state index contributed by atoms with van der Waals surface area (Å²) in [6.45, 7) is 3.88. The number of aliphatic imine (C=N–C) groups is 1. The first-order valence-corrected chi connectivity index (χ1v) is 12.6. The Labute approximate surface area is 215 Å². The van der Waals surface area contributed by atoms with Crippen LogP contribution in [0, 0.1) is 0 Å². The Kier molecular flexibility index (Phi) is 6.21. The molecule has 5 rings (SSSR count). The minimum atomic E-state index is -1.76. The first-order chi connectivity index (χ1) is 17.6. The third-order valence-corrected chi connectivity index (χ3v) is 8.08. The molecule has 8 N–H and O–H groups in total. The minimum absolute atomic E-state index is 0.0306. The Bertz CT molecular complexity index is 1190. The van der Waals surface area contributed by atoms with Crippen LogP contribution in [0.3, 0.4) is 0 Å². The van der Waals surface area contributed by atoms with E-state index in [0.717, 1.165) is 36.1 Å². The Hall–Kier alpha value is -3.48. The van der Waals surface area contributed by atoms with E-state index in [4.69, 9.17) is 11.5 Å². The standard InChI is InChI=1S/C25H34N8O4/c1-3-24(37)18(29-21(35)16-10-6-8-14-7-4-5-9-15(14)16)11-28-25(24)20(30-22(27)31-25)17(26)12-33-19(34)13-32(2)23(33)36/h3,6,8,10,17-18,20,28,37H,1,4-5,7,9,11-13,26H2,2H3,(H,29,35)(H3,27,30,31)/t17-,18-,20?,24+,25?/m0/s1. The molecule has 1 aromatic rings. The normalized spacial score (nSPS) is 31.8. The second-order valence-electron chi connectivity index (χ2n) is 10.3. The Morgan fingerprint density at radius 2 is 2.14 bits per heavy atom. The highest BCUT2D eigenvalue weighted by Gasteiger charge is 2.66. The fourth-order valence-corrected chi connectivity index (χ4v) is 6.15. The highest BCUT2D eigenvalue weighted by molar-refractivity contribution is 6.02. The summed E-state index contributed by atoms with van der Waals surface area (Å²) >= 11 is 0. The summed E-state index contributed by atoms with van der Waals surface area (Å²) in [6, 6.07) is 2.75. The van der Waals surface area contributed by atoms with Crippen LogP contribution in [0.15, 0.2) is 35.8 Å². The molecular formula is C25H34N8O4. The number of aliphatic hydroxyl groups is 1. The second kappa shape index (κ2) is 9.12. The number of carbonyl (C=O) groups is 3. The predicted octanol–water partition coefficient (Wildman–Crippen LogP) is -1.61. The van der Waals surface area contributed by atoms with Crippen molar-refractivity contribution in [3.8, 4) is 0 Å². The molecule has 2 fully saturated rings. The third-order valence-electron chi connectivity index (χ3n) is 8.08. The summed E-state index contributed by atoms with van der Waals surface area (Å²) in [7, 11) is 1.53. The quantitative estimate of drug-likeness (QED) is 0.195. The molecule has 3 aliphatic heterocycles. The molecule has 1 aliphatic carbocycles. The van der Waals surface area contributed by atoms with Gasteiger partial charge in [0.1, 0.15) is 18.2 Å². The summed E-state index contributed by atoms with van der Waals surface area (Å²) in [6.07, 6.45) is 5.25. The number of nitrogens with zero attached hydrogens (tertiary/aromatic N) is 3. The number of guanidine groups is 1. The molecule has 2 unspecified atom stereocenters. The van der Waals surface area contributed by atoms with Gasteiger partial charge in [-0.1, -0.05) is 18.2 Å². The van der Waals surface area contributed by atoms with Gasteiger partial charge in [0.2, 0.25) is 5.91 Å². The Balaban J connectivity index is 1.39. The topological polar surface area (TPSA) is 178 Å². The van der Waals surface area contributed by atoms with Crippen LogP contribution < -0.4 is 27.4 Å². The van der Waals surface area contributed by atoms with Crippen LogP contribution in [0.25, 0.3) is 0 Å². The second-order valence-corrected chi connectivity index (χ2v) is 10.3. The van der Waals surface area contributed by atoms with Crippen molar-refractivity contribution in [1.82, 2.24) is 25.8 Å². The molecule has 12 nitrogen and oxygen atoms in total. The summed E-state index contributed by atoms with van der Waals surface area (Å²) in [5, 5.41) is 21.2. The maximum Gasteiger partial charge on any atom is 0.327 e. The number of nitrogens with one attached hydrogen (secondary N) is 3. The zero-order chi connectivity index (χ0) is 26.5. The van der Waals surface area contributed by atoms with E-state index in [-0.39, 0.29) is 37.4 Å². The molecule has 3 heterocycles. The lowest BCUT2D eigenvalue weighted by molar-refractivity contribution is -0.125. The largest absolute Gasteiger partial charge is 0.380 e. The monoisotopic (exact) mass is 510 g/mol. The molecule has 1 spiro atoms. The molecule has 37 heavy (non-hydrogen) atoms. The van der Waals surface area contributed by atoms with E-state index in [1.807, 2.05) is 6.07 Å². The predicted molar refractivity (Wildman–Crippen MR) is 136 cm³/mol. The van der Waals surface area contributed by atoms with Gasteiger partial charge in [0, 0.05) is 31.7 Å². The number of nitrogens with two attached hydrogens (primary N) is 2. The highest BCUT2D eigenvalue weighted by atomic mass is 16.3. The third kappa shape index (κ3) is 3.87. The first-order valence-electron chi connectivity index (χ1n) is 12.6. The van der Waals surface area contributed by atoms with Crippen LogP contribution in [-0.2, 0) is 17.6 Å². The summed E-state index contributed by atoms with van der Waals surface area (Å²) in [5.74, 6) is -0.616. The van der Waals surface area contributed by atoms with Crippen LogP contribution in [0.2, 0.25) is 0 Å².